The third kappa shape index (κ3) is 2.79. The number of benzene rings is 1. The van der Waals surface area contributed by atoms with E-state index in [0.29, 0.717) is 22.6 Å². The van der Waals surface area contributed by atoms with Crippen LogP contribution in [0.5, 0.6) is 0 Å². The van der Waals surface area contributed by atoms with Gasteiger partial charge in [-0.05, 0) is 23.8 Å². The minimum Gasteiger partial charge on any atom is -0.352 e. The molecule has 5 nitrogen and oxygen atoms in total. The quantitative estimate of drug-likeness (QED) is 0.803. The van der Waals surface area contributed by atoms with Crippen LogP contribution in [-0.4, -0.2) is 15.1 Å². The Morgan fingerprint density at radius 3 is 2.62 bits per heavy atom. The fraction of sp³-hybridized carbons (Fsp3) is 0.0714. The van der Waals surface area contributed by atoms with Crippen LogP contribution < -0.4 is 0 Å². The van der Waals surface area contributed by atoms with E-state index in [4.69, 9.17) is 9.78 Å². The van der Waals surface area contributed by atoms with Gasteiger partial charge in [-0.25, -0.2) is 8.78 Å². The molecule has 0 aliphatic rings. The van der Waals surface area contributed by atoms with E-state index in [0.717, 1.165) is 6.07 Å². The van der Waals surface area contributed by atoms with E-state index >= 15 is 0 Å². The van der Waals surface area contributed by atoms with Gasteiger partial charge in [-0.3, -0.25) is 0 Å². The average Bonchev–Trinajstić information content (AvgIpc) is 3.05. The Balaban J connectivity index is 1.83. The van der Waals surface area contributed by atoms with Crippen molar-refractivity contribution in [1.29, 1.82) is 5.26 Å². The summed E-state index contributed by atoms with van der Waals surface area (Å²) >= 11 is 0. The van der Waals surface area contributed by atoms with Crippen molar-refractivity contribution in [2.75, 3.05) is 0 Å². The zero-order valence-corrected chi connectivity index (χ0v) is 10.6. The van der Waals surface area contributed by atoms with Gasteiger partial charge >= 0.3 is 0 Å². The second-order valence-corrected chi connectivity index (χ2v) is 4.38. The van der Waals surface area contributed by atoms with Gasteiger partial charge in [0.2, 0.25) is 0 Å². The van der Waals surface area contributed by atoms with Gasteiger partial charge in [-0.1, -0.05) is 5.16 Å². The van der Waals surface area contributed by atoms with E-state index in [-0.39, 0.29) is 12.3 Å². The zero-order valence-electron chi connectivity index (χ0n) is 10.6. The first-order valence-corrected chi connectivity index (χ1v) is 6.00. The lowest BCUT2D eigenvalue weighted by Crippen LogP contribution is -1.93. The summed E-state index contributed by atoms with van der Waals surface area (Å²) in [5.74, 6) is -0.773. The molecule has 0 fully saturated rings. The summed E-state index contributed by atoms with van der Waals surface area (Å²) in [7, 11) is 0. The number of hydrogen-bond donors (Lipinski definition) is 1. The average molecular weight is 286 g/mol. The van der Waals surface area contributed by atoms with E-state index < -0.39 is 11.6 Å². The largest absolute Gasteiger partial charge is 0.352 e. The van der Waals surface area contributed by atoms with E-state index in [1.54, 1.807) is 12.3 Å². The summed E-state index contributed by atoms with van der Waals surface area (Å²) < 4.78 is 31.3. The molecule has 3 aromatic rings. The van der Waals surface area contributed by atoms with Crippen LogP contribution in [0.3, 0.4) is 0 Å². The predicted octanol–water partition coefficient (Wildman–Crippen LogP) is 2.81. The summed E-state index contributed by atoms with van der Waals surface area (Å²) in [6, 6.07) is 6.74. The molecule has 2 heterocycles. The van der Waals surface area contributed by atoms with Crippen LogP contribution in [0, 0.1) is 23.0 Å². The third-order valence-corrected chi connectivity index (χ3v) is 2.80. The van der Waals surface area contributed by atoms with Gasteiger partial charge in [0, 0.05) is 18.7 Å². The topological polar surface area (TPSA) is 78.5 Å². The molecular weight excluding hydrogens is 278 g/mol. The first-order chi connectivity index (χ1) is 10.1. The summed E-state index contributed by atoms with van der Waals surface area (Å²) in [5.41, 5.74) is 1.36. The molecule has 0 aliphatic carbocycles. The highest BCUT2D eigenvalue weighted by atomic mass is 19.1. The number of aromatic amines is 1. The minimum absolute atomic E-state index is 0.147. The van der Waals surface area contributed by atoms with Gasteiger partial charge in [0.1, 0.15) is 23.4 Å². The molecule has 0 saturated heterocycles. The summed E-state index contributed by atoms with van der Waals surface area (Å²) in [6.07, 6.45) is 1.71. The zero-order chi connectivity index (χ0) is 14.8. The van der Waals surface area contributed by atoms with E-state index in [2.05, 4.69) is 15.1 Å². The number of hydrogen-bond acceptors (Lipinski definition) is 4. The number of nitrogens with zero attached hydrogens (tertiary/aromatic N) is 3. The Kier molecular flexibility index (Phi) is 3.20. The number of halogens is 2. The van der Waals surface area contributed by atoms with Gasteiger partial charge in [-0.15, -0.1) is 0 Å². The molecule has 0 aliphatic heterocycles. The molecular formula is C14H8F2N4O. The molecule has 7 heteroatoms. The number of aromatic nitrogens is 3. The molecule has 1 N–H and O–H groups in total. The molecule has 2 aromatic heterocycles. The summed E-state index contributed by atoms with van der Waals surface area (Å²) in [5, 5.41) is 12.5. The second-order valence-electron chi connectivity index (χ2n) is 4.38. The lowest BCUT2D eigenvalue weighted by Gasteiger charge is -1.97. The number of nitriles is 1. The van der Waals surface area contributed by atoms with E-state index in [1.807, 2.05) is 6.07 Å². The Morgan fingerprint density at radius 1 is 1.19 bits per heavy atom. The number of rotatable bonds is 3. The molecule has 0 unspecified atom stereocenters. The van der Waals surface area contributed by atoms with E-state index in [9.17, 15) is 8.78 Å². The Labute approximate surface area is 117 Å². The molecule has 0 spiro atoms. The molecule has 0 saturated carbocycles. The van der Waals surface area contributed by atoms with Crippen LogP contribution in [0.15, 0.2) is 35.0 Å². The fourth-order valence-electron chi connectivity index (χ4n) is 1.92. The van der Waals surface area contributed by atoms with Crippen molar-refractivity contribution in [1.82, 2.24) is 15.1 Å². The van der Waals surface area contributed by atoms with Gasteiger partial charge in [-0.2, -0.15) is 10.2 Å². The van der Waals surface area contributed by atoms with Crippen LogP contribution in [0.25, 0.3) is 11.5 Å². The molecule has 21 heavy (non-hydrogen) atoms. The molecule has 104 valence electrons. The van der Waals surface area contributed by atoms with Crippen molar-refractivity contribution in [2.45, 2.75) is 6.42 Å². The lowest BCUT2D eigenvalue weighted by molar-refractivity contribution is 0.424. The second kappa shape index (κ2) is 5.17. The minimum atomic E-state index is -0.655. The van der Waals surface area contributed by atoms with Gasteiger partial charge in [0.05, 0.1) is 5.56 Å². The SMILES string of the molecule is N#Cc1cc(-c2nc(Cc3cc(F)cc(F)c3)no2)c[nH]1. The highest BCUT2D eigenvalue weighted by Crippen LogP contribution is 2.19. The van der Waals surface area contributed by atoms with Gasteiger partial charge in [0.25, 0.3) is 5.89 Å². The van der Waals surface area contributed by atoms with Crippen LogP contribution in [0.2, 0.25) is 0 Å². The molecule has 0 atom stereocenters. The maximum atomic E-state index is 13.1. The van der Waals surface area contributed by atoms with Crippen molar-refractivity contribution >= 4 is 0 Å². The van der Waals surface area contributed by atoms with Crippen LogP contribution in [0.4, 0.5) is 8.78 Å². The van der Waals surface area contributed by atoms with Crippen molar-refractivity contribution in [3.05, 3.63) is 59.2 Å². The number of H-pyrrole nitrogens is 1. The third-order valence-electron chi connectivity index (χ3n) is 2.80. The lowest BCUT2D eigenvalue weighted by atomic mass is 10.1. The molecule has 0 radical (unpaired) electrons. The Morgan fingerprint density at radius 2 is 1.95 bits per heavy atom. The Bertz CT molecular complexity index is 811. The number of nitrogens with one attached hydrogen (secondary N) is 1. The maximum absolute atomic E-state index is 13.1. The Hall–Kier alpha value is -3.01. The fourth-order valence-corrected chi connectivity index (χ4v) is 1.92. The van der Waals surface area contributed by atoms with Crippen molar-refractivity contribution < 1.29 is 13.3 Å². The van der Waals surface area contributed by atoms with Crippen LogP contribution in [-0.2, 0) is 6.42 Å². The first kappa shape index (κ1) is 13.0. The first-order valence-electron chi connectivity index (χ1n) is 6.00. The molecule has 0 amide bonds. The summed E-state index contributed by atoms with van der Waals surface area (Å²) in [4.78, 5) is 6.87. The maximum Gasteiger partial charge on any atom is 0.259 e. The molecule has 0 bridgehead atoms. The van der Waals surface area contributed by atoms with Crippen molar-refractivity contribution in [3.63, 3.8) is 0 Å². The smallest absolute Gasteiger partial charge is 0.259 e. The van der Waals surface area contributed by atoms with Crippen LogP contribution >= 0.6 is 0 Å². The molecule has 3 rings (SSSR count). The standard InChI is InChI=1S/C14H8F2N4O/c15-10-1-8(2-11(16)5-10)3-13-19-14(21-20-13)9-4-12(6-17)18-7-9/h1-2,4-5,7,18H,3H2. The van der Waals surface area contributed by atoms with Crippen molar-refractivity contribution in [2.24, 2.45) is 0 Å². The highest BCUT2D eigenvalue weighted by molar-refractivity contribution is 5.54. The molecule has 1 aromatic carbocycles. The highest BCUT2D eigenvalue weighted by Gasteiger charge is 2.12. The van der Waals surface area contributed by atoms with Crippen LogP contribution in [0.1, 0.15) is 17.1 Å². The van der Waals surface area contributed by atoms with Crippen molar-refractivity contribution in [3.8, 4) is 17.5 Å². The summed E-state index contributed by atoms with van der Waals surface area (Å²) in [6.45, 7) is 0. The van der Waals surface area contributed by atoms with Gasteiger partial charge in [0.15, 0.2) is 5.82 Å². The van der Waals surface area contributed by atoms with E-state index in [1.165, 1.54) is 12.1 Å². The van der Waals surface area contributed by atoms with Gasteiger partial charge < -0.3 is 9.51 Å². The monoisotopic (exact) mass is 286 g/mol. The normalized spacial score (nSPS) is 10.5. The predicted molar refractivity (Wildman–Crippen MR) is 68.0 cm³/mol.